The highest BCUT2D eigenvalue weighted by molar-refractivity contribution is 5.08. The minimum absolute atomic E-state index is 0.594. The molecule has 0 aromatic heterocycles. The van der Waals surface area contributed by atoms with E-state index in [1.807, 2.05) is 0 Å². The molecule has 10 heteroatoms. The van der Waals surface area contributed by atoms with Crippen molar-refractivity contribution in [3.05, 3.63) is 0 Å². The molecule has 2 saturated heterocycles. The molecule has 8 N–H and O–H groups in total. The number of ether oxygens (including phenoxy) is 2. The SMILES string of the molecule is OC[C@H]1O[C@@H]([C@]2(O)CO[C@H](CO)[C@H](O)[C@@H]2O)[C@H](O)[C@@H](O)[C@H]1O. The lowest BCUT2D eigenvalue weighted by molar-refractivity contribution is -0.323. The van der Waals surface area contributed by atoms with Crippen LogP contribution in [0, 0.1) is 0 Å². The normalized spacial score (nSPS) is 53.5. The van der Waals surface area contributed by atoms with Crippen LogP contribution in [0.15, 0.2) is 0 Å². The summed E-state index contributed by atoms with van der Waals surface area (Å²) in [6, 6.07) is 0. The Morgan fingerprint density at radius 3 is 1.95 bits per heavy atom. The Morgan fingerprint density at radius 1 is 0.818 bits per heavy atom. The Balaban J connectivity index is 2.24. The summed E-state index contributed by atoms with van der Waals surface area (Å²) in [5.74, 6) is 0. The second-order valence-corrected chi connectivity index (χ2v) is 5.71. The molecular formula is C12H22O10. The second kappa shape index (κ2) is 6.61. The Kier molecular flexibility index (Phi) is 5.39. The molecule has 0 bridgehead atoms. The summed E-state index contributed by atoms with van der Waals surface area (Å²) in [5.41, 5.74) is -2.31. The van der Waals surface area contributed by atoms with Gasteiger partial charge in [0.2, 0.25) is 0 Å². The standard InChI is InChI=1S/C12H22O10/c13-1-4-7(16)10(19)12(20,3-21-4)11-9(18)8(17)6(15)5(2-14)22-11/h4-11,13-20H,1-3H2/t4-,5-,6+,7+,8+,9-,10+,11-,12+/m1/s1. The lowest BCUT2D eigenvalue weighted by Gasteiger charge is -2.51. The summed E-state index contributed by atoms with van der Waals surface area (Å²) >= 11 is 0. The van der Waals surface area contributed by atoms with Gasteiger partial charge in [0.05, 0.1) is 19.8 Å². The van der Waals surface area contributed by atoms with Gasteiger partial charge >= 0.3 is 0 Å². The highest BCUT2D eigenvalue weighted by Crippen LogP contribution is 2.35. The predicted molar refractivity (Wildman–Crippen MR) is 67.6 cm³/mol. The van der Waals surface area contributed by atoms with Crippen molar-refractivity contribution in [3.63, 3.8) is 0 Å². The Hall–Kier alpha value is -0.400. The molecule has 2 aliphatic heterocycles. The van der Waals surface area contributed by atoms with Crippen molar-refractivity contribution >= 4 is 0 Å². The molecule has 0 spiro atoms. The fraction of sp³-hybridized carbons (Fsp3) is 1.00. The molecule has 2 aliphatic rings. The summed E-state index contributed by atoms with van der Waals surface area (Å²) in [5, 5.41) is 78.1. The highest BCUT2D eigenvalue weighted by Gasteiger charge is 2.59. The number of aliphatic hydroxyl groups excluding tert-OH is 7. The fourth-order valence-electron chi connectivity index (χ4n) is 2.85. The first-order chi connectivity index (χ1) is 10.3. The van der Waals surface area contributed by atoms with Gasteiger partial charge in [-0.25, -0.2) is 0 Å². The van der Waals surface area contributed by atoms with Crippen LogP contribution in [-0.4, -0.2) is 115 Å². The molecule has 2 heterocycles. The van der Waals surface area contributed by atoms with Crippen LogP contribution < -0.4 is 0 Å². The highest BCUT2D eigenvalue weighted by atomic mass is 16.6. The molecule has 10 nitrogen and oxygen atoms in total. The lowest BCUT2D eigenvalue weighted by atomic mass is 9.78. The number of hydrogen-bond acceptors (Lipinski definition) is 10. The van der Waals surface area contributed by atoms with Crippen LogP contribution in [0.25, 0.3) is 0 Å². The van der Waals surface area contributed by atoms with E-state index in [-0.39, 0.29) is 0 Å². The lowest BCUT2D eigenvalue weighted by Crippen LogP contribution is -2.73. The van der Waals surface area contributed by atoms with E-state index >= 15 is 0 Å². The van der Waals surface area contributed by atoms with E-state index in [0.717, 1.165) is 0 Å². The summed E-state index contributed by atoms with van der Waals surface area (Å²) < 4.78 is 10.2. The quantitative estimate of drug-likeness (QED) is 0.249. The zero-order valence-electron chi connectivity index (χ0n) is 11.6. The molecule has 0 aromatic rings. The van der Waals surface area contributed by atoms with Gasteiger partial charge < -0.3 is 50.3 Å². The summed E-state index contributed by atoms with van der Waals surface area (Å²) in [6.45, 7) is -1.89. The smallest absolute Gasteiger partial charge is 0.145 e. The van der Waals surface area contributed by atoms with E-state index in [2.05, 4.69) is 0 Å². The van der Waals surface area contributed by atoms with Gasteiger partial charge in [0, 0.05) is 0 Å². The van der Waals surface area contributed by atoms with Crippen LogP contribution in [0.4, 0.5) is 0 Å². The molecule has 2 rings (SSSR count). The fourth-order valence-corrected chi connectivity index (χ4v) is 2.85. The van der Waals surface area contributed by atoms with Gasteiger partial charge in [-0.05, 0) is 0 Å². The van der Waals surface area contributed by atoms with Gasteiger partial charge in [-0.3, -0.25) is 0 Å². The summed E-state index contributed by atoms with van der Waals surface area (Å²) in [6.07, 6.45) is -12.7. The van der Waals surface area contributed by atoms with Crippen molar-refractivity contribution < 1.29 is 50.3 Å². The molecule has 0 aromatic carbocycles. The van der Waals surface area contributed by atoms with Crippen molar-refractivity contribution in [1.29, 1.82) is 0 Å². The zero-order valence-corrected chi connectivity index (χ0v) is 11.6. The van der Waals surface area contributed by atoms with Gasteiger partial charge in [-0.15, -0.1) is 0 Å². The maximum Gasteiger partial charge on any atom is 0.145 e. The maximum atomic E-state index is 10.6. The minimum atomic E-state index is -2.31. The van der Waals surface area contributed by atoms with E-state index in [0.29, 0.717) is 0 Å². The van der Waals surface area contributed by atoms with Gasteiger partial charge in [0.1, 0.15) is 54.4 Å². The van der Waals surface area contributed by atoms with E-state index in [9.17, 15) is 30.6 Å². The van der Waals surface area contributed by atoms with Crippen molar-refractivity contribution in [2.24, 2.45) is 0 Å². The molecular weight excluding hydrogens is 304 g/mol. The number of aliphatic hydroxyl groups is 8. The molecule has 2 fully saturated rings. The summed E-state index contributed by atoms with van der Waals surface area (Å²) in [7, 11) is 0. The third-order valence-corrected chi connectivity index (χ3v) is 4.31. The van der Waals surface area contributed by atoms with E-state index in [4.69, 9.17) is 19.7 Å². The molecule has 9 atom stereocenters. The van der Waals surface area contributed by atoms with Crippen molar-refractivity contribution in [2.75, 3.05) is 19.8 Å². The van der Waals surface area contributed by atoms with Gasteiger partial charge in [0.15, 0.2) is 0 Å². The van der Waals surface area contributed by atoms with Crippen molar-refractivity contribution in [2.45, 2.75) is 54.4 Å². The van der Waals surface area contributed by atoms with Crippen LogP contribution in [-0.2, 0) is 9.47 Å². The average molecular weight is 326 g/mol. The monoisotopic (exact) mass is 326 g/mol. The first-order valence-corrected chi connectivity index (χ1v) is 6.89. The number of hydrogen-bond donors (Lipinski definition) is 8. The largest absolute Gasteiger partial charge is 0.394 e. The van der Waals surface area contributed by atoms with Gasteiger partial charge in [0.25, 0.3) is 0 Å². The van der Waals surface area contributed by atoms with Crippen molar-refractivity contribution in [3.8, 4) is 0 Å². The zero-order chi connectivity index (χ0) is 16.7. The maximum absolute atomic E-state index is 10.6. The molecule has 22 heavy (non-hydrogen) atoms. The first-order valence-electron chi connectivity index (χ1n) is 6.89. The molecule has 0 amide bonds. The Labute approximate surface area is 125 Å². The molecule has 0 aliphatic carbocycles. The molecule has 0 radical (unpaired) electrons. The first kappa shape index (κ1) is 17.9. The van der Waals surface area contributed by atoms with Crippen LogP contribution in [0.3, 0.4) is 0 Å². The van der Waals surface area contributed by atoms with E-state index in [1.54, 1.807) is 0 Å². The van der Waals surface area contributed by atoms with Crippen LogP contribution in [0.5, 0.6) is 0 Å². The molecule has 0 saturated carbocycles. The second-order valence-electron chi connectivity index (χ2n) is 5.71. The van der Waals surface area contributed by atoms with Gasteiger partial charge in [-0.1, -0.05) is 0 Å². The van der Waals surface area contributed by atoms with E-state index in [1.165, 1.54) is 0 Å². The predicted octanol–water partition coefficient (Wildman–Crippen LogP) is -5.33. The molecule has 130 valence electrons. The summed E-state index contributed by atoms with van der Waals surface area (Å²) in [4.78, 5) is 0. The Bertz CT molecular complexity index is 379. The van der Waals surface area contributed by atoms with Crippen molar-refractivity contribution in [1.82, 2.24) is 0 Å². The molecule has 0 unspecified atom stereocenters. The van der Waals surface area contributed by atoms with Crippen LogP contribution in [0.1, 0.15) is 0 Å². The van der Waals surface area contributed by atoms with E-state index < -0.39 is 74.3 Å². The van der Waals surface area contributed by atoms with Crippen LogP contribution >= 0.6 is 0 Å². The average Bonchev–Trinajstić information content (AvgIpc) is 2.51. The third kappa shape index (κ3) is 2.76. The topological polar surface area (TPSA) is 180 Å². The van der Waals surface area contributed by atoms with Gasteiger partial charge in [-0.2, -0.15) is 0 Å². The minimum Gasteiger partial charge on any atom is -0.394 e. The Morgan fingerprint density at radius 2 is 1.41 bits per heavy atom. The number of rotatable bonds is 3. The van der Waals surface area contributed by atoms with Crippen LogP contribution in [0.2, 0.25) is 0 Å². The third-order valence-electron chi connectivity index (χ3n) is 4.31.